The number of hydrogen-bond donors (Lipinski definition) is 1. The highest BCUT2D eigenvalue weighted by Crippen LogP contribution is 2.20. The Morgan fingerprint density at radius 3 is 3.00 bits per heavy atom. The topological polar surface area (TPSA) is 35.2 Å². The van der Waals surface area contributed by atoms with Gasteiger partial charge in [0, 0.05) is 17.1 Å². The molecule has 4 heteroatoms. The van der Waals surface area contributed by atoms with Crippen LogP contribution in [0.5, 0.6) is 0 Å². The first-order valence-electron chi connectivity index (χ1n) is 6.46. The van der Waals surface area contributed by atoms with Crippen molar-refractivity contribution in [3.8, 4) is 0 Å². The maximum atomic E-state index is 13.6. The van der Waals surface area contributed by atoms with Gasteiger partial charge >= 0.3 is 0 Å². The second-order valence-electron chi connectivity index (χ2n) is 4.91. The van der Waals surface area contributed by atoms with Crippen LogP contribution in [0.25, 0.3) is 0 Å². The predicted molar refractivity (Wildman–Crippen MR) is 74.0 cm³/mol. The SMILES string of the molecule is NC(CCC1CCCO1)Cc1ccc(Br)cc1F. The molecule has 1 heterocycles. The van der Waals surface area contributed by atoms with Crippen molar-refractivity contribution in [2.45, 2.75) is 44.2 Å². The van der Waals surface area contributed by atoms with Gasteiger partial charge in [0.25, 0.3) is 0 Å². The van der Waals surface area contributed by atoms with Gasteiger partial charge in [0.05, 0.1) is 6.10 Å². The van der Waals surface area contributed by atoms with Crippen molar-refractivity contribution >= 4 is 15.9 Å². The molecule has 0 saturated carbocycles. The Morgan fingerprint density at radius 2 is 2.33 bits per heavy atom. The van der Waals surface area contributed by atoms with Crippen molar-refractivity contribution in [3.05, 3.63) is 34.1 Å². The molecule has 0 spiro atoms. The smallest absolute Gasteiger partial charge is 0.127 e. The molecule has 2 atom stereocenters. The molecule has 0 aliphatic carbocycles. The molecule has 0 aromatic heterocycles. The molecule has 0 radical (unpaired) electrons. The van der Waals surface area contributed by atoms with Crippen LogP contribution < -0.4 is 5.73 Å². The highest BCUT2D eigenvalue weighted by Gasteiger charge is 2.17. The fraction of sp³-hybridized carbons (Fsp3) is 0.571. The summed E-state index contributed by atoms with van der Waals surface area (Å²) in [7, 11) is 0. The first-order chi connectivity index (χ1) is 8.65. The molecule has 2 unspecified atom stereocenters. The summed E-state index contributed by atoms with van der Waals surface area (Å²) in [5, 5.41) is 0. The maximum absolute atomic E-state index is 13.6. The normalized spacial score (nSPS) is 21.2. The monoisotopic (exact) mass is 315 g/mol. The Balaban J connectivity index is 1.80. The molecule has 1 aliphatic rings. The summed E-state index contributed by atoms with van der Waals surface area (Å²) in [6, 6.07) is 5.14. The lowest BCUT2D eigenvalue weighted by atomic mass is 10.00. The minimum atomic E-state index is -0.183. The molecular weight excluding hydrogens is 297 g/mol. The maximum Gasteiger partial charge on any atom is 0.127 e. The van der Waals surface area contributed by atoms with Gasteiger partial charge < -0.3 is 10.5 Å². The van der Waals surface area contributed by atoms with Crippen LogP contribution in [0.2, 0.25) is 0 Å². The molecule has 100 valence electrons. The lowest BCUT2D eigenvalue weighted by molar-refractivity contribution is 0.101. The molecule has 2 rings (SSSR count). The fourth-order valence-electron chi connectivity index (χ4n) is 2.34. The molecular formula is C14H19BrFNO. The Labute approximate surface area is 116 Å². The van der Waals surface area contributed by atoms with E-state index in [4.69, 9.17) is 10.5 Å². The average molecular weight is 316 g/mol. The quantitative estimate of drug-likeness (QED) is 0.903. The van der Waals surface area contributed by atoms with Crippen molar-refractivity contribution < 1.29 is 9.13 Å². The molecule has 1 saturated heterocycles. The van der Waals surface area contributed by atoms with Crippen LogP contribution in [0, 0.1) is 5.82 Å². The molecule has 1 aliphatic heterocycles. The number of nitrogens with two attached hydrogens (primary N) is 1. The van der Waals surface area contributed by atoms with Crippen LogP contribution in [0.1, 0.15) is 31.2 Å². The van der Waals surface area contributed by atoms with Gasteiger partial charge in [-0.05, 0) is 49.8 Å². The van der Waals surface area contributed by atoms with Crippen molar-refractivity contribution in [2.24, 2.45) is 5.73 Å². The van der Waals surface area contributed by atoms with E-state index in [1.165, 1.54) is 6.07 Å². The number of hydrogen-bond acceptors (Lipinski definition) is 2. The van der Waals surface area contributed by atoms with Crippen LogP contribution >= 0.6 is 15.9 Å². The van der Waals surface area contributed by atoms with Gasteiger partial charge in [-0.15, -0.1) is 0 Å². The lowest BCUT2D eigenvalue weighted by Crippen LogP contribution is -2.25. The zero-order chi connectivity index (χ0) is 13.0. The van der Waals surface area contributed by atoms with Gasteiger partial charge in [-0.3, -0.25) is 0 Å². The van der Waals surface area contributed by atoms with Crippen molar-refractivity contribution in [1.82, 2.24) is 0 Å². The third-order valence-electron chi connectivity index (χ3n) is 3.38. The number of halogens is 2. The van der Waals surface area contributed by atoms with Crippen molar-refractivity contribution in [2.75, 3.05) is 6.61 Å². The minimum Gasteiger partial charge on any atom is -0.378 e. The highest BCUT2D eigenvalue weighted by molar-refractivity contribution is 9.10. The molecule has 1 aromatic carbocycles. The Morgan fingerprint density at radius 1 is 1.50 bits per heavy atom. The van der Waals surface area contributed by atoms with E-state index in [1.54, 1.807) is 6.07 Å². The summed E-state index contributed by atoms with van der Waals surface area (Å²) in [6.07, 6.45) is 5.12. The Kier molecular flexibility index (Phi) is 5.15. The average Bonchev–Trinajstić information content (AvgIpc) is 2.83. The first-order valence-corrected chi connectivity index (χ1v) is 7.25. The number of ether oxygens (including phenoxy) is 1. The lowest BCUT2D eigenvalue weighted by Gasteiger charge is -2.15. The standard InChI is InChI=1S/C14H19BrFNO/c15-11-4-3-10(14(16)9-11)8-12(17)5-6-13-2-1-7-18-13/h3-4,9,12-13H,1-2,5-8,17H2. The summed E-state index contributed by atoms with van der Waals surface area (Å²) in [6.45, 7) is 0.876. The minimum absolute atomic E-state index is 0.00451. The third kappa shape index (κ3) is 4.04. The second-order valence-corrected chi connectivity index (χ2v) is 5.83. The van der Waals surface area contributed by atoms with Gasteiger partial charge in [0.2, 0.25) is 0 Å². The molecule has 1 aromatic rings. The van der Waals surface area contributed by atoms with Crippen molar-refractivity contribution in [3.63, 3.8) is 0 Å². The van der Waals surface area contributed by atoms with Gasteiger partial charge in [0.1, 0.15) is 5.82 Å². The van der Waals surface area contributed by atoms with Crippen LogP contribution in [0.15, 0.2) is 22.7 Å². The third-order valence-corrected chi connectivity index (χ3v) is 3.87. The number of rotatable bonds is 5. The summed E-state index contributed by atoms with van der Waals surface area (Å²) in [4.78, 5) is 0. The summed E-state index contributed by atoms with van der Waals surface area (Å²) < 4.78 is 20.0. The molecule has 0 bridgehead atoms. The molecule has 2 nitrogen and oxygen atoms in total. The van der Waals surface area contributed by atoms with E-state index < -0.39 is 0 Å². The fourth-order valence-corrected chi connectivity index (χ4v) is 2.68. The summed E-state index contributed by atoms with van der Waals surface area (Å²) in [5.74, 6) is -0.183. The number of benzene rings is 1. The van der Waals surface area contributed by atoms with E-state index in [0.29, 0.717) is 18.1 Å². The Bertz CT molecular complexity index is 393. The van der Waals surface area contributed by atoms with E-state index in [2.05, 4.69) is 15.9 Å². The van der Waals surface area contributed by atoms with Crippen LogP contribution in [0.3, 0.4) is 0 Å². The molecule has 18 heavy (non-hydrogen) atoms. The Hall–Kier alpha value is -0.450. The highest BCUT2D eigenvalue weighted by atomic mass is 79.9. The second kappa shape index (κ2) is 6.64. The van der Waals surface area contributed by atoms with Gasteiger partial charge in [0.15, 0.2) is 0 Å². The van der Waals surface area contributed by atoms with E-state index in [9.17, 15) is 4.39 Å². The zero-order valence-corrected chi connectivity index (χ0v) is 12.0. The van der Waals surface area contributed by atoms with Gasteiger partial charge in [-0.1, -0.05) is 22.0 Å². The van der Waals surface area contributed by atoms with E-state index in [0.717, 1.165) is 36.8 Å². The van der Waals surface area contributed by atoms with E-state index >= 15 is 0 Å². The van der Waals surface area contributed by atoms with Crippen LogP contribution in [0.4, 0.5) is 4.39 Å². The predicted octanol–water partition coefficient (Wildman–Crippen LogP) is 3.42. The molecule has 1 fully saturated rings. The summed E-state index contributed by atoms with van der Waals surface area (Å²) >= 11 is 3.25. The van der Waals surface area contributed by atoms with Crippen LogP contribution in [-0.2, 0) is 11.2 Å². The zero-order valence-electron chi connectivity index (χ0n) is 10.4. The summed E-state index contributed by atoms with van der Waals surface area (Å²) in [5.41, 5.74) is 6.75. The molecule has 0 amide bonds. The first kappa shape index (κ1) is 14.0. The van der Waals surface area contributed by atoms with Crippen molar-refractivity contribution in [1.29, 1.82) is 0 Å². The van der Waals surface area contributed by atoms with Gasteiger partial charge in [-0.25, -0.2) is 4.39 Å². The van der Waals surface area contributed by atoms with Crippen LogP contribution in [-0.4, -0.2) is 18.8 Å². The largest absolute Gasteiger partial charge is 0.378 e. The molecule has 2 N–H and O–H groups in total. The van der Waals surface area contributed by atoms with E-state index in [1.807, 2.05) is 6.07 Å². The van der Waals surface area contributed by atoms with Gasteiger partial charge in [-0.2, -0.15) is 0 Å². The van der Waals surface area contributed by atoms with E-state index in [-0.39, 0.29) is 11.9 Å².